The summed E-state index contributed by atoms with van der Waals surface area (Å²) in [7, 11) is 0. The van der Waals surface area contributed by atoms with Crippen LogP contribution in [0.5, 0.6) is 0 Å². The second-order valence-electron chi connectivity index (χ2n) is 1.01. The lowest BCUT2D eigenvalue weighted by molar-refractivity contribution is -0.141. The zero-order valence-corrected chi connectivity index (χ0v) is 6.24. The van der Waals surface area contributed by atoms with Crippen LogP contribution in [-0.4, -0.2) is 19.1 Å². The molecule has 58 valence electrons. The molecule has 0 bridgehead atoms. The number of hydrogen-bond acceptors (Lipinski definition) is 4. The van der Waals surface area contributed by atoms with Gasteiger partial charge in [0.05, 0.1) is 13.2 Å². The average Bonchev–Trinajstić information content (AvgIpc) is 1.68. The number of rotatable bonds is 2. The maximum atomic E-state index is 10.1. The van der Waals surface area contributed by atoms with Gasteiger partial charge in [-0.3, -0.25) is 4.79 Å². The van der Waals surface area contributed by atoms with Crippen LogP contribution in [-0.2, 0) is 9.53 Å². The molecule has 0 fully saturated rings. The van der Waals surface area contributed by atoms with E-state index >= 15 is 0 Å². The molecule has 0 radical (unpaired) electrons. The fraction of sp³-hybridized carbons (Fsp3) is 0.750. The standard InChI is InChI=1S/C4H9NO2.ClH.H3N/c1-2-7-4(6)3-5;;/h2-3,5H2,1H3;1H;1H3. The number of nitrogens with two attached hydrogens (primary N) is 1. The largest absolute Gasteiger partial charge is 0.465 e. The molecule has 5 N–H and O–H groups in total. The second-order valence-corrected chi connectivity index (χ2v) is 1.01. The van der Waals surface area contributed by atoms with Crippen molar-refractivity contribution in [2.45, 2.75) is 6.92 Å². The molecule has 0 saturated carbocycles. The Labute approximate surface area is 60.7 Å². The smallest absolute Gasteiger partial charge is 0.319 e. The van der Waals surface area contributed by atoms with Crippen LogP contribution in [0, 0.1) is 0 Å². The summed E-state index contributed by atoms with van der Waals surface area (Å²) in [4.78, 5) is 10.1. The van der Waals surface area contributed by atoms with Gasteiger partial charge >= 0.3 is 5.97 Å². The lowest BCUT2D eigenvalue weighted by Crippen LogP contribution is -2.16. The third kappa shape index (κ3) is 11.3. The lowest BCUT2D eigenvalue weighted by atomic mass is 10.7. The fourth-order valence-corrected chi connectivity index (χ4v) is 0.220. The predicted octanol–water partition coefficient (Wildman–Crippen LogP) is 0.0920. The van der Waals surface area contributed by atoms with Crippen LogP contribution in [0.1, 0.15) is 6.92 Å². The van der Waals surface area contributed by atoms with Crippen molar-refractivity contribution >= 4 is 18.4 Å². The van der Waals surface area contributed by atoms with E-state index in [0.717, 1.165) is 0 Å². The molecule has 5 heteroatoms. The molecule has 0 aromatic heterocycles. The average molecular weight is 157 g/mol. The van der Waals surface area contributed by atoms with Gasteiger partial charge in [-0.25, -0.2) is 0 Å². The molecule has 0 saturated heterocycles. The van der Waals surface area contributed by atoms with E-state index in [-0.39, 0.29) is 31.1 Å². The van der Waals surface area contributed by atoms with Crippen molar-refractivity contribution in [2.75, 3.05) is 13.2 Å². The Balaban J connectivity index is -0.000000180. The molecule has 0 heterocycles. The Morgan fingerprint density at radius 3 is 2.22 bits per heavy atom. The topological polar surface area (TPSA) is 87.3 Å². The van der Waals surface area contributed by atoms with Crippen LogP contribution in [0.4, 0.5) is 0 Å². The highest BCUT2D eigenvalue weighted by atomic mass is 35.5. The van der Waals surface area contributed by atoms with E-state index in [1.54, 1.807) is 6.92 Å². The first-order valence-corrected chi connectivity index (χ1v) is 2.17. The summed E-state index contributed by atoms with van der Waals surface area (Å²) in [5, 5.41) is 0. The molecular weight excluding hydrogens is 144 g/mol. The molecule has 0 unspecified atom stereocenters. The summed E-state index contributed by atoms with van der Waals surface area (Å²) < 4.78 is 4.43. The Hall–Kier alpha value is -0.320. The molecule has 0 amide bonds. The highest BCUT2D eigenvalue weighted by Gasteiger charge is 1.91. The van der Waals surface area contributed by atoms with Gasteiger partial charge in [0.1, 0.15) is 0 Å². The van der Waals surface area contributed by atoms with Crippen molar-refractivity contribution in [1.82, 2.24) is 6.15 Å². The van der Waals surface area contributed by atoms with Gasteiger partial charge in [0, 0.05) is 0 Å². The van der Waals surface area contributed by atoms with E-state index < -0.39 is 0 Å². The van der Waals surface area contributed by atoms with Crippen LogP contribution in [0.15, 0.2) is 0 Å². The zero-order valence-electron chi connectivity index (χ0n) is 5.42. The molecule has 0 spiro atoms. The number of hydrogen-bond donors (Lipinski definition) is 2. The summed E-state index contributed by atoms with van der Waals surface area (Å²) in [6, 6.07) is 0. The Morgan fingerprint density at radius 2 is 2.11 bits per heavy atom. The first-order valence-electron chi connectivity index (χ1n) is 2.17. The molecule has 0 rings (SSSR count). The summed E-state index contributed by atoms with van der Waals surface area (Å²) in [6.45, 7) is 2.14. The van der Waals surface area contributed by atoms with Gasteiger partial charge in [0.25, 0.3) is 0 Å². The highest BCUT2D eigenvalue weighted by molar-refractivity contribution is 5.85. The third-order valence-corrected chi connectivity index (χ3v) is 0.472. The third-order valence-electron chi connectivity index (χ3n) is 0.472. The summed E-state index contributed by atoms with van der Waals surface area (Å²) in [5.74, 6) is -0.345. The minimum Gasteiger partial charge on any atom is -0.465 e. The van der Waals surface area contributed by atoms with E-state index in [4.69, 9.17) is 5.73 Å². The molecular formula is C4H13ClN2O2. The summed E-state index contributed by atoms with van der Waals surface area (Å²) in [5.41, 5.74) is 4.88. The van der Waals surface area contributed by atoms with E-state index in [0.29, 0.717) is 6.61 Å². The van der Waals surface area contributed by atoms with Crippen molar-refractivity contribution < 1.29 is 9.53 Å². The van der Waals surface area contributed by atoms with E-state index in [1.807, 2.05) is 0 Å². The van der Waals surface area contributed by atoms with Crippen molar-refractivity contribution in [3.05, 3.63) is 0 Å². The van der Waals surface area contributed by atoms with Crippen molar-refractivity contribution in [1.29, 1.82) is 0 Å². The van der Waals surface area contributed by atoms with Crippen LogP contribution in [0.2, 0.25) is 0 Å². The van der Waals surface area contributed by atoms with Gasteiger partial charge in [-0.2, -0.15) is 0 Å². The first kappa shape index (κ1) is 15.9. The first-order chi connectivity index (χ1) is 3.31. The molecule has 0 aliphatic rings. The predicted molar refractivity (Wildman–Crippen MR) is 38.0 cm³/mol. The Kier molecular flexibility index (Phi) is 18.7. The van der Waals surface area contributed by atoms with Crippen LogP contribution in [0.3, 0.4) is 0 Å². The maximum Gasteiger partial charge on any atom is 0.319 e. The monoisotopic (exact) mass is 156 g/mol. The summed E-state index contributed by atoms with van der Waals surface area (Å²) in [6.07, 6.45) is 0. The van der Waals surface area contributed by atoms with Crippen LogP contribution >= 0.6 is 12.4 Å². The van der Waals surface area contributed by atoms with Crippen molar-refractivity contribution in [3.8, 4) is 0 Å². The zero-order chi connectivity index (χ0) is 5.70. The second kappa shape index (κ2) is 10.6. The Morgan fingerprint density at radius 1 is 1.67 bits per heavy atom. The molecule has 9 heavy (non-hydrogen) atoms. The van der Waals surface area contributed by atoms with Crippen LogP contribution < -0.4 is 11.9 Å². The van der Waals surface area contributed by atoms with E-state index in [9.17, 15) is 4.79 Å². The highest BCUT2D eigenvalue weighted by Crippen LogP contribution is 1.69. The number of carbonyl (C=O) groups excluding carboxylic acids is 1. The van der Waals surface area contributed by atoms with Gasteiger partial charge in [0.2, 0.25) is 0 Å². The number of esters is 1. The quantitative estimate of drug-likeness (QED) is 0.555. The molecule has 4 nitrogen and oxygen atoms in total. The lowest BCUT2D eigenvalue weighted by Gasteiger charge is -1.93. The van der Waals surface area contributed by atoms with E-state index in [1.165, 1.54) is 0 Å². The van der Waals surface area contributed by atoms with Crippen molar-refractivity contribution in [3.63, 3.8) is 0 Å². The van der Waals surface area contributed by atoms with Gasteiger partial charge in [0.15, 0.2) is 0 Å². The Bertz CT molecular complexity index is 69.6. The minimum absolute atomic E-state index is 0. The molecule has 0 atom stereocenters. The SMILES string of the molecule is CCOC(=O)CN.Cl.N. The number of halogens is 1. The molecule has 0 aromatic carbocycles. The van der Waals surface area contributed by atoms with E-state index in [2.05, 4.69) is 4.74 Å². The van der Waals surface area contributed by atoms with Crippen LogP contribution in [0.25, 0.3) is 0 Å². The molecule has 0 aliphatic carbocycles. The minimum atomic E-state index is -0.345. The summed E-state index contributed by atoms with van der Waals surface area (Å²) >= 11 is 0. The van der Waals surface area contributed by atoms with Gasteiger partial charge in [-0.15, -0.1) is 12.4 Å². The normalized spacial score (nSPS) is 6.44. The van der Waals surface area contributed by atoms with Gasteiger partial charge in [-0.05, 0) is 6.92 Å². The number of ether oxygens (including phenoxy) is 1. The van der Waals surface area contributed by atoms with Crippen molar-refractivity contribution in [2.24, 2.45) is 5.73 Å². The maximum absolute atomic E-state index is 10.1. The fourth-order valence-electron chi connectivity index (χ4n) is 0.220. The molecule has 0 aromatic rings. The molecule has 0 aliphatic heterocycles. The number of carbonyl (C=O) groups is 1. The van der Waals surface area contributed by atoms with Gasteiger partial charge in [-0.1, -0.05) is 0 Å². The van der Waals surface area contributed by atoms with Gasteiger partial charge < -0.3 is 16.6 Å².